The topological polar surface area (TPSA) is 97.3 Å². The van der Waals surface area contributed by atoms with Crippen LogP contribution < -0.4 is 14.8 Å². The van der Waals surface area contributed by atoms with Crippen molar-refractivity contribution >= 4 is 12.1 Å². The number of nitrogens with one attached hydrogen (secondary N) is 1. The first-order chi connectivity index (χ1) is 18.4. The fourth-order valence-corrected chi connectivity index (χ4v) is 4.04. The van der Waals surface area contributed by atoms with Crippen LogP contribution in [0.15, 0.2) is 90.3 Å². The van der Waals surface area contributed by atoms with E-state index in [1.165, 1.54) is 0 Å². The molecular formula is C30H32N2O6. The summed E-state index contributed by atoms with van der Waals surface area (Å²) in [5.74, 6) is 0.841. The molecule has 0 bridgehead atoms. The predicted molar refractivity (Wildman–Crippen MR) is 143 cm³/mol. The van der Waals surface area contributed by atoms with Crippen molar-refractivity contribution < 1.29 is 28.9 Å². The standard InChI is InChI=1S/C30H32N2O6/c1-21-10-14-26(15-11-21)38-30(35)32(20-28(33)34)19-23-12-16-25(17-13-23)36-18-6-9-27-22(2)37-29(31-27)24-7-4-3-5-8-24/h3-5,7-8,10-17,29,31H,6,9,18-20H2,1-2H3,(H,33,34). The molecule has 0 fully saturated rings. The first-order valence-electron chi connectivity index (χ1n) is 12.5. The molecule has 1 unspecified atom stereocenters. The summed E-state index contributed by atoms with van der Waals surface area (Å²) in [4.78, 5) is 25.1. The fraction of sp³-hybridized carbons (Fsp3) is 0.267. The highest BCUT2D eigenvalue weighted by molar-refractivity contribution is 5.78. The van der Waals surface area contributed by atoms with Gasteiger partial charge in [-0.1, -0.05) is 60.2 Å². The van der Waals surface area contributed by atoms with Crippen molar-refractivity contribution in [1.82, 2.24) is 10.2 Å². The minimum atomic E-state index is -1.12. The number of ether oxygens (including phenoxy) is 3. The van der Waals surface area contributed by atoms with Crippen LogP contribution in [0.25, 0.3) is 0 Å². The van der Waals surface area contributed by atoms with Crippen LogP contribution >= 0.6 is 0 Å². The van der Waals surface area contributed by atoms with Gasteiger partial charge in [0, 0.05) is 12.1 Å². The Kier molecular flexibility index (Phi) is 8.87. The van der Waals surface area contributed by atoms with Gasteiger partial charge < -0.3 is 24.6 Å². The van der Waals surface area contributed by atoms with Crippen molar-refractivity contribution in [3.8, 4) is 11.5 Å². The molecule has 1 amide bonds. The molecule has 4 rings (SSSR count). The Balaban J connectivity index is 1.24. The van der Waals surface area contributed by atoms with Gasteiger partial charge in [-0.3, -0.25) is 9.69 Å². The van der Waals surface area contributed by atoms with E-state index in [-0.39, 0.29) is 12.8 Å². The number of carbonyl (C=O) groups is 2. The summed E-state index contributed by atoms with van der Waals surface area (Å²) in [5.41, 5.74) is 3.96. The number of carbonyl (C=O) groups excluding carboxylic acids is 1. The van der Waals surface area contributed by atoms with Crippen molar-refractivity contribution in [3.63, 3.8) is 0 Å². The highest BCUT2D eigenvalue weighted by Crippen LogP contribution is 2.28. The molecule has 0 saturated heterocycles. The first kappa shape index (κ1) is 26.6. The molecule has 3 aromatic rings. The van der Waals surface area contributed by atoms with E-state index in [1.54, 1.807) is 12.1 Å². The van der Waals surface area contributed by atoms with Gasteiger partial charge in [-0.25, -0.2) is 4.79 Å². The molecule has 8 heteroatoms. The average molecular weight is 517 g/mol. The second-order valence-electron chi connectivity index (χ2n) is 9.11. The minimum Gasteiger partial charge on any atom is -0.494 e. The van der Waals surface area contributed by atoms with Crippen LogP contribution in [0.5, 0.6) is 11.5 Å². The molecule has 2 N–H and O–H groups in total. The molecule has 38 heavy (non-hydrogen) atoms. The Hall–Kier alpha value is -4.46. The van der Waals surface area contributed by atoms with E-state index in [0.717, 1.165) is 45.9 Å². The van der Waals surface area contributed by atoms with Gasteiger partial charge in [-0.05, 0) is 56.5 Å². The Morgan fingerprint density at radius 1 is 0.947 bits per heavy atom. The quantitative estimate of drug-likeness (QED) is 0.311. The smallest absolute Gasteiger partial charge is 0.416 e. The first-order valence-corrected chi connectivity index (χ1v) is 12.5. The van der Waals surface area contributed by atoms with E-state index in [2.05, 4.69) is 5.32 Å². The zero-order chi connectivity index (χ0) is 26.9. The lowest BCUT2D eigenvalue weighted by Gasteiger charge is -2.20. The third-order valence-electron chi connectivity index (χ3n) is 6.07. The van der Waals surface area contributed by atoms with Gasteiger partial charge >= 0.3 is 12.1 Å². The SMILES string of the molecule is CC1=C(CCCOc2ccc(CN(CC(=O)O)C(=O)Oc3ccc(C)cc3)cc2)NC(c2ccccc2)O1. The normalized spacial score (nSPS) is 14.4. The molecule has 0 aliphatic carbocycles. The second-order valence-corrected chi connectivity index (χ2v) is 9.11. The van der Waals surface area contributed by atoms with Crippen LogP contribution in [0.4, 0.5) is 4.79 Å². The molecule has 1 atom stereocenters. The highest BCUT2D eigenvalue weighted by atomic mass is 16.6. The van der Waals surface area contributed by atoms with Crippen LogP contribution in [0.1, 0.15) is 42.7 Å². The van der Waals surface area contributed by atoms with E-state index in [0.29, 0.717) is 18.1 Å². The number of allylic oxidation sites excluding steroid dienone is 2. The zero-order valence-electron chi connectivity index (χ0n) is 21.6. The molecule has 3 aromatic carbocycles. The molecule has 0 aromatic heterocycles. The second kappa shape index (κ2) is 12.7. The van der Waals surface area contributed by atoms with Gasteiger partial charge in [0.25, 0.3) is 0 Å². The maximum Gasteiger partial charge on any atom is 0.416 e. The van der Waals surface area contributed by atoms with E-state index >= 15 is 0 Å². The number of rotatable bonds is 11. The number of nitrogens with zero attached hydrogens (tertiary/aromatic N) is 1. The number of carboxylic acids is 1. The maximum atomic E-state index is 12.6. The van der Waals surface area contributed by atoms with Crippen LogP contribution in [0.2, 0.25) is 0 Å². The number of hydrogen-bond acceptors (Lipinski definition) is 6. The van der Waals surface area contributed by atoms with Crippen molar-refractivity contribution in [2.24, 2.45) is 0 Å². The van der Waals surface area contributed by atoms with Gasteiger partial charge in [0.15, 0.2) is 6.23 Å². The largest absolute Gasteiger partial charge is 0.494 e. The lowest BCUT2D eigenvalue weighted by molar-refractivity contribution is -0.138. The number of aryl methyl sites for hydroxylation is 1. The Morgan fingerprint density at radius 2 is 1.63 bits per heavy atom. The Morgan fingerprint density at radius 3 is 2.32 bits per heavy atom. The highest BCUT2D eigenvalue weighted by Gasteiger charge is 2.23. The summed E-state index contributed by atoms with van der Waals surface area (Å²) < 4.78 is 17.2. The van der Waals surface area contributed by atoms with Gasteiger partial charge in [-0.15, -0.1) is 0 Å². The van der Waals surface area contributed by atoms with Crippen LogP contribution in [0, 0.1) is 6.92 Å². The molecule has 1 aliphatic rings. The van der Waals surface area contributed by atoms with Gasteiger partial charge in [-0.2, -0.15) is 0 Å². The minimum absolute atomic E-state index is 0.0962. The number of hydrogen-bond donors (Lipinski definition) is 2. The summed E-state index contributed by atoms with van der Waals surface area (Å²) in [6, 6.07) is 24.3. The summed E-state index contributed by atoms with van der Waals surface area (Å²) in [6.45, 7) is 4.05. The molecule has 1 aliphatic heterocycles. The third kappa shape index (κ3) is 7.52. The molecular weight excluding hydrogens is 484 g/mol. The predicted octanol–water partition coefficient (Wildman–Crippen LogP) is 5.79. The average Bonchev–Trinajstić information content (AvgIpc) is 3.29. The van der Waals surface area contributed by atoms with E-state index in [9.17, 15) is 14.7 Å². The van der Waals surface area contributed by atoms with Crippen LogP contribution in [-0.4, -0.2) is 35.2 Å². The monoisotopic (exact) mass is 516 g/mol. The van der Waals surface area contributed by atoms with Gasteiger partial charge in [0.2, 0.25) is 0 Å². The van der Waals surface area contributed by atoms with Crippen molar-refractivity contribution in [3.05, 3.63) is 107 Å². The molecule has 198 valence electrons. The Bertz CT molecular complexity index is 1260. The number of amides is 1. The summed E-state index contributed by atoms with van der Waals surface area (Å²) in [6.07, 6.45) is 0.735. The zero-order valence-corrected chi connectivity index (χ0v) is 21.6. The fourth-order valence-electron chi connectivity index (χ4n) is 4.04. The van der Waals surface area contributed by atoms with E-state index < -0.39 is 18.6 Å². The van der Waals surface area contributed by atoms with Crippen molar-refractivity contribution in [1.29, 1.82) is 0 Å². The molecule has 0 spiro atoms. The molecule has 8 nitrogen and oxygen atoms in total. The molecule has 1 heterocycles. The molecule has 0 radical (unpaired) electrons. The molecule has 0 saturated carbocycles. The number of benzene rings is 3. The van der Waals surface area contributed by atoms with Gasteiger partial charge in [0.05, 0.1) is 12.3 Å². The number of carboxylic acid groups (broad SMARTS) is 1. The van der Waals surface area contributed by atoms with Crippen LogP contribution in [0.3, 0.4) is 0 Å². The lowest BCUT2D eigenvalue weighted by atomic mass is 10.2. The third-order valence-corrected chi connectivity index (χ3v) is 6.07. The van der Waals surface area contributed by atoms with E-state index in [1.807, 2.05) is 80.6 Å². The Labute approximate surface area is 222 Å². The summed E-state index contributed by atoms with van der Waals surface area (Å²) >= 11 is 0. The van der Waals surface area contributed by atoms with E-state index in [4.69, 9.17) is 14.2 Å². The number of aliphatic carboxylic acids is 1. The van der Waals surface area contributed by atoms with Crippen molar-refractivity contribution in [2.75, 3.05) is 13.2 Å². The van der Waals surface area contributed by atoms with Crippen molar-refractivity contribution in [2.45, 2.75) is 39.5 Å². The summed E-state index contributed by atoms with van der Waals surface area (Å²) in [7, 11) is 0. The maximum absolute atomic E-state index is 12.6. The van der Waals surface area contributed by atoms with Gasteiger partial charge in [0.1, 0.15) is 23.8 Å². The lowest BCUT2D eigenvalue weighted by Crippen LogP contribution is -2.37. The summed E-state index contributed by atoms with van der Waals surface area (Å²) in [5, 5.41) is 12.7. The van der Waals surface area contributed by atoms with Crippen LogP contribution in [-0.2, 0) is 16.1 Å².